The average molecular weight is 372 g/mol. The molecule has 2 amide bonds. The molecule has 3 rings (SSSR count). The SMILES string of the molecule is O=C(CC(NC(=O)c1ccccc1)c1ccccc1)NCCc1ccccc1. The van der Waals surface area contributed by atoms with E-state index < -0.39 is 0 Å². The summed E-state index contributed by atoms with van der Waals surface area (Å²) in [5.74, 6) is -0.273. The van der Waals surface area contributed by atoms with Gasteiger partial charge in [-0.1, -0.05) is 78.9 Å². The van der Waals surface area contributed by atoms with Crippen molar-refractivity contribution in [3.8, 4) is 0 Å². The molecule has 142 valence electrons. The molecule has 0 aliphatic rings. The van der Waals surface area contributed by atoms with Crippen LogP contribution in [0.3, 0.4) is 0 Å². The van der Waals surface area contributed by atoms with Crippen molar-refractivity contribution in [2.45, 2.75) is 18.9 Å². The lowest BCUT2D eigenvalue weighted by molar-refractivity contribution is -0.121. The number of nitrogens with one attached hydrogen (secondary N) is 2. The van der Waals surface area contributed by atoms with E-state index >= 15 is 0 Å². The summed E-state index contributed by atoms with van der Waals surface area (Å²) >= 11 is 0. The predicted molar refractivity (Wildman–Crippen MR) is 111 cm³/mol. The van der Waals surface area contributed by atoms with Crippen molar-refractivity contribution in [3.05, 3.63) is 108 Å². The zero-order valence-electron chi connectivity index (χ0n) is 15.7. The molecule has 0 bridgehead atoms. The van der Waals surface area contributed by atoms with E-state index in [1.807, 2.05) is 78.9 Å². The first kappa shape index (κ1) is 19.4. The van der Waals surface area contributed by atoms with Gasteiger partial charge in [-0.05, 0) is 29.7 Å². The Hall–Kier alpha value is -3.40. The van der Waals surface area contributed by atoms with E-state index in [9.17, 15) is 9.59 Å². The Labute approximate surface area is 165 Å². The average Bonchev–Trinajstić information content (AvgIpc) is 2.75. The van der Waals surface area contributed by atoms with E-state index in [4.69, 9.17) is 0 Å². The minimum atomic E-state index is -0.384. The third-order valence-corrected chi connectivity index (χ3v) is 4.51. The first-order chi connectivity index (χ1) is 13.7. The van der Waals surface area contributed by atoms with Gasteiger partial charge in [-0.2, -0.15) is 0 Å². The highest BCUT2D eigenvalue weighted by molar-refractivity contribution is 5.94. The zero-order chi connectivity index (χ0) is 19.6. The van der Waals surface area contributed by atoms with Gasteiger partial charge in [-0.3, -0.25) is 9.59 Å². The van der Waals surface area contributed by atoms with E-state index in [-0.39, 0.29) is 24.3 Å². The molecular weight excluding hydrogens is 348 g/mol. The Bertz CT molecular complexity index is 880. The highest BCUT2D eigenvalue weighted by Crippen LogP contribution is 2.17. The van der Waals surface area contributed by atoms with Crippen LogP contribution in [0, 0.1) is 0 Å². The van der Waals surface area contributed by atoms with Crippen LogP contribution in [-0.4, -0.2) is 18.4 Å². The molecule has 0 spiro atoms. The number of rotatable bonds is 8. The topological polar surface area (TPSA) is 58.2 Å². The zero-order valence-corrected chi connectivity index (χ0v) is 15.7. The fraction of sp³-hybridized carbons (Fsp3) is 0.167. The molecule has 3 aromatic carbocycles. The normalized spacial score (nSPS) is 11.4. The van der Waals surface area contributed by atoms with Gasteiger partial charge >= 0.3 is 0 Å². The Balaban J connectivity index is 1.60. The molecule has 0 aliphatic carbocycles. The van der Waals surface area contributed by atoms with Gasteiger partial charge in [-0.15, -0.1) is 0 Å². The first-order valence-corrected chi connectivity index (χ1v) is 9.44. The van der Waals surface area contributed by atoms with Crippen molar-refractivity contribution in [2.75, 3.05) is 6.54 Å². The van der Waals surface area contributed by atoms with Crippen LogP contribution in [-0.2, 0) is 11.2 Å². The molecule has 0 aromatic heterocycles. The maximum atomic E-state index is 12.6. The van der Waals surface area contributed by atoms with Gasteiger partial charge < -0.3 is 10.6 Å². The molecule has 0 radical (unpaired) electrons. The Morgan fingerprint density at radius 1 is 0.750 bits per heavy atom. The van der Waals surface area contributed by atoms with Crippen LogP contribution in [0.5, 0.6) is 0 Å². The summed E-state index contributed by atoms with van der Waals surface area (Å²) in [5.41, 5.74) is 2.66. The van der Waals surface area contributed by atoms with Gasteiger partial charge in [0.15, 0.2) is 0 Å². The highest BCUT2D eigenvalue weighted by atomic mass is 16.2. The minimum Gasteiger partial charge on any atom is -0.356 e. The highest BCUT2D eigenvalue weighted by Gasteiger charge is 2.19. The number of amides is 2. The third-order valence-electron chi connectivity index (χ3n) is 4.51. The summed E-state index contributed by atoms with van der Waals surface area (Å²) < 4.78 is 0. The summed E-state index contributed by atoms with van der Waals surface area (Å²) in [6, 6.07) is 28.3. The monoisotopic (exact) mass is 372 g/mol. The fourth-order valence-corrected chi connectivity index (χ4v) is 3.02. The van der Waals surface area contributed by atoms with Crippen LogP contribution in [0.2, 0.25) is 0 Å². The lowest BCUT2D eigenvalue weighted by Gasteiger charge is -2.19. The van der Waals surface area contributed by atoms with Gasteiger partial charge in [0.05, 0.1) is 12.5 Å². The standard InChI is InChI=1S/C24H24N2O2/c27-23(25-17-16-19-10-4-1-5-11-19)18-22(20-12-6-2-7-13-20)26-24(28)21-14-8-3-9-15-21/h1-15,22H,16-18H2,(H,25,27)(H,26,28). The molecular formula is C24H24N2O2. The van der Waals surface area contributed by atoms with E-state index in [2.05, 4.69) is 10.6 Å². The summed E-state index contributed by atoms with van der Waals surface area (Å²) in [6.45, 7) is 0.566. The molecule has 4 heteroatoms. The van der Waals surface area contributed by atoms with Gasteiger partial charge in [0, 0.05) is 12.1 Å². The number of carbonyl (C=O) groups is 2. The second kappa shape index (κ2) is 10.1. The predicted octanol–water partition coefficient (Wildman–Crippen LogP) is 3.91. The first-order valence-electron chi connectivity index (χ1n) is 9.44. The fourth-order valence-electron chi connectivity index (χ4n) is 3.02. The number of carbonyl (C=O) groups excluding carboxylic acids is 2. The van der Waals surface area contributed by atoms with E-state index in [1.165, 1.54) is 5.56 Å². The summed E-state index contributed by atoms with van der Waals surface area (Å²) in [6.07, 6.45) is 0.969. The molecule has 28 heavy (non-hydrogen) atoms. The molecule has 0 heterocycles. The van der Waals surface area contributed by atoms with Crippen LogP contribution in [0.4, 0.5) is 0 Å². The molecule has 0 saturated heterocycles. The van der Waals surface area contributed by atoms with Crippen LogP contribution in [0.15, 0.2) is 91.0 Å². The van der Waals surface area contributed by atoms with Crippen molar-refractivity contribution in [2.24, 2.45) is 0 Å². The lowest BCUT2D eigenvalue weighted by Crippen LogP contribution is -2.34. The molecule has 3 aromatic rings. The minimum absolute atomic E-state index is 0.0851. The van der Waals surface area contributed by atoms with Crippen molar-refractivity contribution in [1.29, 1.82) is 0 Å². The van der Waals surface area contributed by atoms with Crippen LogP contribution >= 0.6 is 0 Å². The molecule has 0 saturated carbocycles. The summed E-state index contributed by atoms with van der Waals surface area (Å²) in [4.78, 5) is 25.0. The van der Waals surface area contributed by atoms with Gasteiger partial charge in [0.1, 0.15) is 0 Å². The summed E-state index contributed by atoms with van der Waals surface area (Å²) in [5, 5.41) is 5.94. The van der Waals surface area contributed by atoms with E-state index in [1.54, 1.807) is 12.1 Å². The molecule has 4 nitrogen and oxygen atoms in total. The van der Waals surface area contributed by atoms with Crippen LogP contribution in [0.25, 0.3) is 0 Å². The number of hydrogen-bond donors (Lipinski definition) is 2. The number of hydrogen-bond acceptors (Lipinski definition) is 2. The van der Waals surface area contributed by atoms with Gasteiger partial charge in [-0.25, -0.2) is 0 Å². The van der Waals surface area contributed by atoms with Crippen molar-refractivity contribution >= 4 is 11.8 Å². The molecule has 1 atom stereocenters. The van der Waals surface area contributed by atoms with Gasteiger partial charge in [0.2, 0.25) is 5.91 Å². The molecule has 2 N–H and O–H groups in total. The van der Waals surface area contributed by atoms with Crippen molar-refractivity contribution < 1.29 is 9.59 Å². The molecule has 0 fully saturated rings. The maximum absolute atomic E-state index is 12.6. The molecule has 0 aliphatic heterocycles. The Morgan fingerprint density at radius 3 is 1.96 bits per heavy atom. The smallest absolute Gasteiger partial charge is 0.251 e. The third kappa shape index (κ3) is 5.81. The Kier molecular flexibility index (Phi) is 6.96. The van der Waals surface area contributed by atoms with Crippen molar-refractivity contribution in [1.82, 2.24) is 10.6 Å². The van der Waals surface area contributed by atoms with Gasteiger partial charge in [0.25, 0.3) is 5.91 Å². The van der Waals surface area contributed by atoms with Crippen LogP contribution in [0.1, 0.15) is 33.9 Å². The number of benzene rings is 3. The molecule has 1 unspecified atom stereocenters. The quantitative estimate of drug-likeness (QED) is 0.630. The van der Waals surface area contributed by atoms with E-state index in [0.717, 1.165) is 12.0 Å². The van der Waals surface area contributed by atoms with Crippen LogP contribution < -0.4 is 10.6 Å². The largest absolute Gasteiger partial charge is 0.356 e. The van der Waals surface area contributed by atoms with Crippen molar-refractivity contribution in [3.63, 3.8) is 0 Å². The van der Waals surface area contributed by atoms with E-state index in [0.29, 0.717) is 12.1 Å². The lowest BCUT2D eigenvalue weighted by atomic mass is 10.0. The second-order valence-electron chi connectivity index (χ2n) is 6.59. The second-order valence-corrected chi connectivity index (χ2v) is 6.59. The summed E-state index contributed by atoms with van der Waals surface area (Å²) in [7, 11) is 0. The Morgan fingerprint density at radius 2 is 1.32 bits per heavy atom. The maximum Gasteiger partial charge on any atom is 0.251 e.